The molecule has 0 atom stereocenters. The number of amides is 1. The van der Waals surface area contributed by atoms with E-state index in [2.05, 4.69) is 10.0 Å². The summed E-state index contributed by atoms with van der Waals surface area (Å²) < 4.78 is 31.3. The Labute approximate surface area is 145 Å². The van der Waals surface area contributed by atoms with Crippen LogP contribution in [-0.4, -0.2) is 63.7 Å². The fraction of sp³-hybridized carbons (Fsp3) is 0.429. The molecule has 0 aromatic heterocycles. The van der Waals surface area contributed by atoms with Crippen LogP contribution in [0.25, 0.3) is 0 Å². The van der Waals surface area contributed by atoms with Gasteiger partial charge < -0.3 is 15.2 Å². The lowest BCUT2D eigenvalue weighted by atomic mass is 10.2. The van der Waals surface area contributed by atoms with Gasteiger partial charge in [0.25, 0.3) is 5.91 Å². The average molecular weight is 376 g/mol. The van der Waals surface area contributed by atoms with Crippen LogP contribution in [-0.2, 0) is 19.6 Å². The summed E-state index contributed by atoms with van der Waals surface area (Å²) in [4.78, 5) is 22.4. The molecule has 1 rings (SSSR count). The van der Waals surface area contributed by atoms with Crippen molar-refractivity contribution in [2.45, 2.75) is 4.90 Å². The summed E-state index contributed by atoms with van der Waals surface area (Å²) in [6.07, 6.45) is 0. The molecule has 8 nitrogen and oxygen atoms in total. The van der Waals surface area contributed by atoms with E-state index in [1.165, 1.54) is 43.1 Å². The lowest BCUT2D eigenvalue weighted by molar-refractivity contribution is -0.133. The van der Waals surface area contributed by atoms with E-state index in [-0.39, 0.29) is 29.4 Å². The molecule has 0 bridgehead atoms. The predicted molar refractivity (Wildman–Crippen MR) is 90.8 cm³/mol. The third kappa shape index (κ3) is 7.30. The van der Waals surface area contributed by atoms with Gasteiger partial charge in [-0.25, -0.2) is 13.1 Å². The Morgan fingerprint density at radius 1 is 1.29 bits per heavy atom. The maximum Gasteiger partial charge on any atom is 0.313 e. The number of hydrogen-bond acceptors (Lipinski definition) is 6. The Morgan fingerprint density at radius 3 is 2.71 bits per heavy atom. The number of carboxylic acids is 1. The summed E-state index contributed by atoms with van der Waals surface area (Å²) in [5, 5.41) is 11.1. The lowest BCUT2D eigenvalue weighted by Gasteiger charge is -2.08. The summed E-state index contributed by atoms with van der Waals surface area (Å²) in [6, 6.07) is 5.68. The summed E-state index contributed by atoms with van der Waals surface area (Å²) in [5.74, 6) is -0.907. The topological polar surface area (TPSA) is 122 Å². The second-order valence-electron chi connectivity index (χ2n) is 4.62. The van der Waals surface area contributed by atoms with Crippen LogP contribution >= 0.6 is 11.8 Å². The molecule has 0 aliphatic heterocycles. The van der Waals surface area contributed by atoms with E-state index < -0.39 is 21.9 Å². The molecule has 0 heterocycles. The lowest BCUT2D eigenvalue weighted by Crippen LogP contribution is -2.28. The molecule has 0 radical (unpaired) electrons. The minimum atomic E-state index is -3.71. The number of thioether (sulfide) groups is 1. The number of ether oxygens (including phenoxy) is 1. The first kappa shape index (κ1) is 20.4. The van der Waals surface area contributed by atoms with Gasteiger partial charge in [-0.05, 0) is 18.2 Å². The third-order valence-electron chi connectivity index (χ3n) is 2.76. The van der Waals surface area contributed by atoms with Crippen LogP contribution in [0.5, 0.6) is 0 Å². The first-order valence-corrected chi connectivity index (χ1v) is 9.67. The van der Waals surface area contributed by atoms with Crippen molar-refractivity contribution in [1.29, 1.82) is 0 Å². The molecule has 1 aromatic rings. The predicted octanol–water partition coefficient (Wildman–Crippen LogP) is 0.159. The van der Waals surface area contributed by atoms with Crippen molar-refractivity contribution in [2.24, 2.45) is 0 Å². The molecule has 0 spiro atoms. The Balaban J connectivity index is 2.60. The maximum atomic E-state index is 12.1. The van der Waals surface area contributed by atoms with E-state index >= 15 is 0 Å². The van der Waals surface area contributed by atoms with Crippen molar-refractivity contribution in [1.82, 2.24) is 10.0 Å². The van der Waals surface area contributed by atoms with Gasteiger partial charge in [-0.1, -0.05) is 6.07 Å². The van der Waals surface area contributed by atoms with Crippen LogP contribution in [0.3, 0.4) is 0 Å². The second-order valence-corrected chi connectivity index (χ2v) is 7.49. The number of sulfonamides is 1. The highest BCUT2D eigenvalue weighted by Crippen LogP contribution is 2.11. The number of carboxylic acid groups (broad SMARTS) is 1. The number of nitrogens with one attached hydrogen (secondary N) is 2. The van der Waals surface area contributed by atoms with Gasteiger partial charge in [0.05, 0.1) is 17.3 Å². The zero-order valence-corrected chi connectivity index (χ0v) is 14.8. The molecule has 0 unspecified atom stereocenters. The molecule has 24 heavy (non-hydrogen) atoms. The molecule has 1 aromatic carbocycles. The highest BCUT2D eigenvalue weighted by atomic mass is 32.2. The number of rotatable bonds is 11. The van der Waals surface area contributed by atoms with Crippen LogP contribution < -0.4 is 10.0 Å². The Hall–Kier alpha value is -1.62. The molecule has 1 amide bonds. The van der Waals surface area contributed by atoms with Crippen molar-refractivity contribution in [3.63, 3.8) is 0 Å². The SMILES string of the molecule is COCCNS(=O)(=O)c1cccc(C(=O)NCCSCC(=O)O)c1. The molecule has 3 N–H and O–H groups in total. The molecule has 0 aliphatic rings. The molecule has 0 aliphatic carbocycles. The zero-order valence-electron chi connectivity index (χ0n) is 13.1. The van der Waals surface area contributed by atoms with Gasteiger partial charge in [-0.2, -0.15) is 0 Å². The fourth-order valence-electron chi connectivity index (χ4n) is 1.66. The first-order chi connectivity index (χ1) is 11.4. The normalized spacial score (nSPS) is 11.2. The molecule has 0 saturated heterocycles. The standard InChI is InChI=1S/C14H20N2O6S2/c1-22-7-5-16-24(20,21)12-4-2-3-11(9-12)14(19)15-6-8-23-10-13(17)18/h2-4,9,16H,5-8,10H2,1H3,(H,15,19)(H,17,18). The monoisotopic (exact) mass is 376 g/mol. The van der Waals surface area contributed by atoms with E-state index in [1.807, 2.05) is 0 Å². The fourth-order valence-corrected chi connectivity index (χ4v) is 3.29. The number of carbonyl (C=O) groups excluding carboxylic acids is 1. The smallest absolute Gasteiger partial charge is 0.313 e. The van der Waals surface area contributed by atoms with Crippen LogP contribution in [0.2, 0.25) is 0 Å². The summed E-state index contributed by atoms with van der Waals surface area (Å²) in [7, 11) is -2.24. The second kappa shape index (κ2) is 10.3. The van der Waals surface area contributed by atoms with Gasteiger partial charge in [0.1, 0.15) is 0 Å². The minimum absolute atomic E-state index is 0.00787. The van der Waals surface area contributed by atoms with Gasteiger partial charge >= 0.3 is 5.97 Å². The van der Waals surface area contributed by atoms with Crippen LogP contribution in [0.1, 0.15) is 10.4 Å². The van der Waals surface area contributed by atoms with E-state index in [9.17, 15) is 18.0 Å². The highest BCUT2D eigenvalue weighted by Gasteiger charge is 2.15. The summed E-state index contributed by atoms with van der Waals surface area (Å²) in [5.41, 5.74) is 0.216. The van der Waals surface area contributed by atoms with Gasteiger partial charge in [0.15, 0.2) is 0 Å². The van der Waals surface area contributed by atoms with Crippen molar-refractivity contribution >= 4 is 33.7 Å². The molecular weight excluding hydrogens is 356 g/mol. The van der Waals surface area contributed by atoms with E-state index in [0.29, 0.717) is 12.3 Å². The number of benzene rings is 1. The van der Waals surface area contributed by atoms with E-state index in [4.69, 9.17) is 9.84 Å². The van der Waals surface area contributed by atoms with Crippen molar-refractivity contribution < 1.29 is 27.9 Å². The van der Waals surface area contributed by atoms with Crippen molar-refractivity contribution in [2.75, 3.05) is 38.3 Å². The Morgan fingerprint density at radius 2 is 2.04 bits per heavy atom. The average Bonchev–Trinajstić information content (AvgIpc) is 2.54. The van der Waals surface area contributed by atoms with Crippen LogP contribution in [0.4, 0.5) is 0 Å². The van der Waals surface area contributed by atoms with E-state index in [1.54, 1.807) is 0 Å². The Kier molecular flexibility index (Phi) is 8.76. The third-order valence-corrected chi connectivity index (χ3v) is 5.16. The molecule has 134 valence electrons. The molecule has 0 fully saturated rings. The first-order valence-electron chi connectivity index (χ1n) is 7.03. The quantitative estimate of drug-likeness (QED) is 0.470. The molecule has 0 saturated carbocycles. The minimum Gasteiger partial charge on any atom is -0.481 e. The van der Waals surface area contributed by atoms with Gasteiger partial charge in [0, 0.05) is 31.5 Å². The number of aliphatic carboxylic acids is 1. The zero-order chi connectivity index (χ0) is 18.0. The molecular formula is C14H20N2O6S2. The van der Waals surface area contributed by atoms with Crippen LogP contribution in [0.15, 0.2) is 29.2 Å². The van der Waals surface area contributed by atoms with Crippen molar-refractivity contribution in [3.05, 3.63) is 29.8 Å². The number of methoxy groups -OCH3 is 1. The van der Waals surface area contributed by atoms with Crippen molar-refractivity contribution in [3.8, 4) is 0 Å². The van der Waals surface area contributed by atoms with E-state index in [0.717, 1.165) is 0 Å². The van der Waals surface area contributed by atoms with Gasteiger partial charge in [-0.15, -0.1) is 11.8 Å². The van der Waals surface area contributed by atoms with Gasteiger partial charge in [0.2, 0.25) is 10.0 Å². The summed E-state index contributed by atoms with van der Waals surface area (Å²) >= 11 is 1.19. The number of hydrogen-bond donors (Lipinski definition) is 3. The Bertz CT molecular complexity index is 663. The summed E-state index contributed by atoms with van der Waals surface area (Å²) in [6.45, 7) is 0.670. The molecule has 10 heteroatoms. The van der Waals surface area contributed by atoms with Gasteiger partial charge in [-0.3, -0.25) is 9.59 Å². The maximum absolute atomic E-state index is 12.1. The largest absolute Gasteiger partial charge is 0.481 e. The highest BCUT2D eigenvalue weighted by molar-refractivity contribution is 7.99. The van der Waals surface area contributed by atoms with Crippen LogP contribution in [0, 0.1) is 0 Å². The number of carbonyl (C=O) groups is 2.